The molecular weight excluding hydrogens is 721 g/mol. The highest BCUT2D eigenvalue weighted by Crippen LogP contribution is 2.48. The summed E-state index contributed by atoms with van der Waals surface area (Å²) in [5, 5.41) is 10.9. The van der Waals surface area contributed by atoms with E-state index in [0.717, 1.165) is 38.9 Å². The second-order valence-electron chi connectivity index (χ2n) is 14.5. The summed E-state index contributed by atoms with van der Waals surface area (Å²) in [5.41, 5.74) is 8.79. The van der Waals surface area contributed by atoms with Gasteiger partial charge in [0.15, 0.2) is 0 Å². The molecule has 0 radical (unpaired) electrons. The molecule has 0 aliphatic carbocycles. The molecule has 56 heavy (non-hydrogen) atoms. The Kier molecular flexibility index (Phi) is 6.17. The van der Waals surface area contributed by atoms with Gasteiger partial charge in [-0.25, -0.2) is 9.97 Å². The van der Waals surface area contributed by atoms with Crippen molar-refractivity contribution in [3.05, 3.63) is 170 Å². The normalized spacial score (nSPS) is 12.3. The molecule has 5 heterocycles. The van der Waals surface area contributed by atoms with E-state index >= 15 is 0 Å². The van der Waals surface area contributed by atoms with E-state index in [9.17, 15) is 0 Å². The van der Waals surface area contributed by atoms with Crippen LogP contribution in [0.1, 0.15) is 0 Å². The zero-order chi connectivity index (χ0) is 36.5. The first-order chi connectivity index (χ1) is 27.8. The first-order valence-corrected chi connectivity index (χ1v) is 20.5. The lowest BCUT2D eigenvalue weighted by Crippen LogP contribution is -2.03. The average Bonchev–Trinajstić information content (AvgIpc) is 4.01. The summed E-state index contributed by atoms with van der Waals surface area (Å²) in [7, 11) is 0. The molecule has 0 atom stereocenters. The highest BCUT2D eigenvalue weighted by Gasteiger charge is 2.24. The van der Waals surface area contributed by atoms with Crippen LogP contribution in [0.15, 0.2) is 170 Å². The largest absolute Gasteiger partial charge is 0.309 e. The molecule has 13 rings (SSSR count). The quantitative estimate of drug-likeness (QED) is 0.180. The van der Waals surface area contributed by atoms with Crippen molar-refractivity contribution in [2.24, 2.45) is 0 Å². The molecule has 0 aliphatic heterocycles. The standard InChI is InChI=1S/C50H28N4S2/c1-2-13-29(14-3-1)53-39-22-9-5-15-30(39)33-25-27-42-44(47(33)53)45-43(55-42)28-26-34-31-16-6-10-23-40(31)54(48(34)45)50-51-38-21-8-4-18-36(38)46(52-50)37-20-12-19-35-32-17-7-11-24-41(32)56-49(35)37/h1-28H. The van der Waals surface area contributed by atoms with Crippen molar-refractivity contribution < 1.29 is 0 Å². The van der Waals surface area contributed by atoms with Gasteiger partial charge in [0.25, 0.3) is 0 Å². The summed E-state index contributed by atoms with van der Waals surface area (Å²) >= 11 is 3.70. The molecule has 0 unspecified atom stereocenters. The van der Waals surface area contributed by atoms with Crippen LogP contribution in [-0.4, -0.2) is 19.1 Å². The minimum Gasteiger partial charge on any atom is -0.309 e. The Hall–Kier alpha value is -6.86. The van der Waals surface area contributed by atoms with Gasteiger partial charge in [0.1, 0.15) is 0 Å². The number of hydrogen-bond donors (Lipinski definition) is 0. The number of para-hydroxylation sites is 4. The predicted molar refractivity (Wildman–Crippen MR) is 239 cm³/mol. The lowest BCUT2D eigenvalue weighted by molar-refractivity contribution is 1.02. The van der Waals surface area contributed by atoms with E-state index in [2.05, 4.69) is 179 Å². The zero-order valence-electron chi connectivity index (χ0n) is 29.8. The second kappa shape index (κ2) is 11.3. The summed E-state index contributed by atoms with van der Waals surface area (Å²) in [6, 6.07) is 61.4. The van der Waals surface area contributed by atoms with Crippen molar-refractivity contribution in [1.29, 1.82) is 0 Å². The third kappa shape index (κ3) is 4.06. The Morgan fingerprint density at radius 3 is 1.71 bits per heavy atom. The smallest absolute Gasteiger partial charge is 0.235 e. The fraction of sp³-hybridized carbons (Fsp3) is 0. The van der Waals surface area contributed by atoms with Gasteiger partial charge in [-0.2, -0.15) is 0 Å². The maximum absolute atomic E-state index is 5.62. The van der Waals surface area contributed by atoms with Crippen LogP contribution in [0.3, 0.4) is 0 Å². The molecule has 0 saturated heterocycles. The molecule has 0 bridgehead atoms. The Labute approximate surface area is 327 Å². The molecule has 0 spiro atoms. The van der Waals surface area contributed by atoms with Gasteiger partial charge in [-0.1, -0.05) is 121 Å². The van der Waals surface area contributed by atoms with Crippen molar-refractivity contribution in [2.45, 2.75) is 0 Å². The first-order valence-electron chi connectivity index (χ1n) is 18.8. The molecule has 5 aromatic heterocycles. The van der Waals surface area contributed by atoms with Crippen LogP contribution in [0.2, 0.25) is 0 Å². The lowest BCUT2D eigenvalue weighted by Gasteiger charge is -2.13. The predicted octanol–water partition coefficient (Wildman–Crippen LogP) is 14.2. The Morgan fingerprint density at radius 1 is 0.375 bits per heavy atom. The molecule has 0 saturated carbocycles. The SMILES string of the molecule is c1ccc(-n2c3ccccc3c3ccc4sc5ccc6c7ccccc7n(-c7nc(-c8cccc9c8sc8ccccc89)c8ccccc8n7)c6c5c4c32)cc1. The Morgan fingerprint density at radius 2 is 0.964 bits per heavy atom. The molecule has 8 aromatic carbocycles. The van der Waals surface area contributed by atoms with E-state index in [-0.39, 0.29) is 0 Å². The fourth-order valence-corrected chi connectivity index (χ4v) is 11.5. The molecule has 0 N–H and O–H groups in total. The number of rotatable bonds is 3. The van der Waals surface area contributed by atoms with Crippen LogP contribution in [0.5, 0.6) is 0 Å². The summed E-state index contributed by atoms with van der Waals surface area (Å²) in [5.74, 6) is 0.672. The molecule has 6 heteroatoms. The van der Waals surface area contributed by atoms with Gasteiger partial charge in [-0.15, -0.1) is 22.7 Å². The lowest BCUT2D eigenvalue weighted by atomic mass is 10.0. The molecule has 4 nitrogen and oxygen atoms in total. The van der Waals surface area contributed by atoms with E-state index in [1.165, 1.54) is 72.9 Å². The number of thiophene rings is 2. The topological polar surface area (TPSA) is 35.6 Å². The van der Waals surface area contributed by atoms with Gasteiger partial charge < -0.3 is 4.57 Å². The van der Waals surface area contributed by atoms with Crippen LogP contribution in [0, 0.1) is 0 Å². The van der Waals surface area contributed by atoms with Gasteiger partial charge in [0.2, 0.25) is 5.95 Å². The van der Waals surface area contributed by atoms with Crippen molar-refractivity contribution in [2.75, 3.05) is 0 Å². The highest BCUT2D eigenvalue weighted by atomic mass is 32.1. The second-order valence-corrected chi connectivity index (χ2v) is 16.6. The summed E-state index contributed by atoms with van der Waals surface area (Å²) in [6.45, 7) is 0. The Balaban J connectivity index is 1.21. The minimum absolute atomic E-state index is 0.672. The molecule has 13 aromatic rings. The molecule has 0 aliphatic rings. The number of aromatic nitrogens is 4. The zero-order valence-corrected chi connectivity index (χ0v) is 31.4. The maximum Gasteiger partial charge on any atom is 0.235 e. The number of benzene rings is 8. The molecule has 260 valence electrons. The summed E-state index contributed by atoms with van der Waals surface area (Å²) < 4.78 is 9.82. The number of nitrogens with zero attached hydrogens (tertiary/aromatic N) is 4. The van der Waals surface area contributed by atoms with Gasteiger partial charge >= 0.3 is 0 Å². The average molecular weight is 749 g/mol. The van der Waals surface area contributed by atoms with Gasteiger partial charge in [0.05, 0.1) is 33.3 Å². The van der Waals surface area contributed by atoms with Gasteiger partial charge in [-0.05, 0) is 48.5 Å². The van der Waals surface area contributed by atoms with E-state index in [0.29, 0.717) is 5.95 Å². The number of hydrogen-bond acceptors (Lipinski definition) is 4. The van der Waals surface area contributed by atoms with Crippen LogP contribution >= 0.6 is 22.7 Å². The van der Waals surface area contributed by atoms with Crippen LogP contribution in [-0.2, 0) is 0 Å². The third-order valence-corrected chi connectivity index (χ3v) is 13.9. The number of fused-ring (bicyclic) bond motifs is 15. The molecule has 0 fully saturated rings. The van der Waals surface area contributed by atoms with Crippen LogP contribution in [0.25, 0.3) is 118 Å². The van der Waals surface area contributed by atoms with Crippen LogP contribution < -0.4 is 0 Å². The van der Waals surface area contributed by atoms with E-state index in [1.54, 1.807) is 0 Å². The van der Waals surface area contributed by atoms with E-state index in [4.69, 9.17) is 9.97 Å². The summed E-state index contributed by atoms with van der Waals surface area (Å²) in [4.78, 5) is 11.0. The van der Waals surface area contributed by atoms with Gasteiger partial charge in [-0.3, -0.25) is 4.57 Å². The van der Waals surface area contributed by atoms with Crippen molar-refractivity contribution in [3.63, 3.8) is 0 Å². The Bertz CT molecular complexity index is 3770. The van der Waals surface area contributed by atoms with Crippen LogP contribution in [0.4, 0.5) is 0 Å². The minimum atomic E-state index is 0.672. The summed E-state index contributed by atoms with van der Waals surface area (Å²) in [6.07, 6.45) is 0. The molecule has 0 amide bonds. The first kappa shape index (κ1) is 30.5. The maximum atomic E-state index is 5.62. The third-order valence-electron chi connectivity index (χ3n) is 11.5. The van der Waals surface area contributed by atoms with E-state index in [1.807, 2.05) is 22.7 Å². The molecular formula is C50H28N4S2. The van der Waals surface area contributed by atoms with E-state index < -0.39 is 0 Å². The van der Waals surface area contributed by atoms with Gasteiger partial charge in [0, 0.05) is 78.5 Å². The highest BCUT2D eigenvalue weighted by molar-refractivity contribution is 7.26. The van der Waals surface area contributed by atoms with Crippen molar-refractivity contribution in [3.8, 4) is 22.9 Å². The van der Waals surface area contributed by atoms with Crippen molar-refractivity contribution in [1.82, 2.24) is 19.1 Å². The fourth-order valence-electron chi connectivity index (χ4n) is 9.21. The van der Waals surface area contributed by atoms with Crippen molar-refractivity contribution >= 4 is 118 Å². The monoisotopic (exact) mass is 748 g/mol.